The van der Waals surface area contributed by atoms with Gasteiger partial charge in [0.2, 0.25) is 0 Å². The summed E-state index contributed by atoms with van der Waals surface area (Å²) in [5.41, 5.74) is 3.30. The van der Waals surface area contributed by atoms with E-state index < -0.39 is 0 Å². The smallest absolute Gasteiger partial charge is 0.155 e. The van der Waals surface area contributed by atoms with Crippen LogP contribution in [0, 0.1) is 0 Å². The molecule has 29 heavy (non-hydrogen) atoms. The highest BCUT2D eigenvalue weighted by Gasteiger charge is 2.23. The first-order valence-corrected chi connectivity index (χ1v) is 9.90. The van der Waals surface area contributed by atoms with Crippen molar-refractivity contribution in [2.75, 3.05) is 0 Å². The van der Waals surface area contributed by atoms with Crippen molar-refractivity contribution >= 4 is 23.1 Å². The number of rotatable bonds is 4. The summed E-state index contributed by atoms with van der Waals surface area (Å²) in [7, 11) is 0. The molecule has 6 aromatic rings. The predicted octanol–water partition coefficient (Wildman–Crippen LogP) is 5.65. The van der Waals surface area contributed by atoms with E-state index in [9.17, 15) is 0 Å². The van der Waals surface area contributed by atoms with E-state index in [0.29, 0.717) is 0 Å². The lowest BCUT2D eigenvalue weighted by atomic mass is 10.3. The lowest BCUT2D eigenvalue weighted by molar-refractivity contribution is 0.578. The summed E-state index contributed by atoms with van der Waals surface area (Å²) in [6.07, 6.45) is 7.34. The van der Waals surface area contributed by atoms with E-state index in [4.69, 9.17) is 18.8 Å². The van der Waals surface area contributed by atoms with Crippen LogP contribution < -0.4 is 0 Å². The van der Waals surface area contributed by atoms with Gasteiger partial charge < -0.3 is 8.83 Å². The van der Waals surface area contributed by atoms with Gasteiger partial charge in [0.05, 0.1) is 12.5 Å². The Bertz CT molecular complexity index is 1320. The van der Waals surface area contributed by atoms with Crippen molar-refractivity contribution < 1.29 is 8.83 Å². The van der Waals surface area contributed by atoms with Gasteiger partial charge in [0, 0.05) is 12.4 Å². The summed E-state index contributed by atoms with van der Waals surface area (Å²) >= 11 is 1.59. The molecule has 0 unspecified atom stereocenters. The zero-order valence-electron chi connectivity index (χ0n) is 15.1. The Hall–Kier alpha value is -3.71. The largest absolute Gasteiger partial charge is 0.463 e. The van der Waals surface area contributed by atoms with E-state index in [1.807, 2.05) is 73.1 Å². The van der Waals surface area contributed by atoms with Crippen LogP contribution in [0.2, 0.25) is 0 Å². The molecule has 0 aliphatic heterocycles. The monoisotopic (exact) mass is 398 g/mol. The van der Waals surface area contributed by atoms with Crippen LogP contribution in [-0.2, 0) is 0 Å². The van der Waals surface area contributed by atoms with Gasteiger partial charge in [-0.15, -0.1) is 0 Å². The van der Waals surface area contributed by atoms with Gasteiger partial charge in [-0.1, -0.05) is 12.1 Å². The minimum absolute atomic E-state index is 0.726. The van der Waals surface area contributed by atoms with E-state index in [0.717, 1.165) is 44.3 Å². The lowest BCUT2D eigenvalue weighted by Gasteiger charge is -2.06. The molecule has 140 valence electrons. The second kappa shape index (κ2) is 6.42. The molecule has 0 saturated heterocycles. The molecule has 0 aromatic carbocycles. The average molecular weight is 398 g/mol. The van der Waals surface area contributed by atoms with Gasteiger partial charge in [0.1, 0.15) is 32.7 Å². The van der Waals surface area contributed by atoms with E-state index in [1.54, 1.807) is 24.3 Å². The predicted molar refractivity (Wildman–Crippen MR) is 110 cm³/mol. The number of fused-ring (bicyclic) bond motifs is 2. The summed E-state index contributed by atoms with van der Waals surface area (Å²) in [6.45, 7) is 0. The number of aromatic nitrogens is 4. The molecule has 0 N–H and O–H groups in total. The normalized spacial score (nSPS) is 11.6. The van der Waals surface area contributed by atoms with Crippen LogP contribution in [0.5, 0.6) is 0 Å². The summed E-state index contributed by atoms with van der Waals surface area (Å²) in [6, 6.07) is 19.5. The second-order valence-electron chi connectivity index (χ2n) is 6.45. The Kier molecular flexibility index (Phi) is 3.60. The van der Waals surface area contributed by atoms with Crippen molar-refractivity contribution in [3.8, 4) is 22.9 Å². The number of pyridine rings is 2. The zero-order chi connectivity index (χ0) is 19.2. The number of furan rings is 2. The van der Waals surface area contributed by atoms with Gasteiger partial charge in [-0.3, -0.25) is 8.80 Å². The minimum Gasteiger partial charge on any atom is -0.463 e. The summed E-state index contributed by atoms with van der Waals surface area (Å²) in [4.78, 5) is 9.61. The number of imidazole rings is 2. The van der Waals surface area contributed by atoms with Crippen LogP contribution in [0.4, 0.5) is 0 Å². The van der Waals surface area contributed by atoms with Gasteiger partial charge in [-0.05, 0) is 60.3 Å². The summed E-state index contributed by atoms with van der Waals surface area (Å²) < 4.78 is 15.5. The van der Waals surface area contributed by atoms with Gasteiger partial charge >= 0.3 is 0 Å². The van der Waals surface area contributed by atoms with Crippen molar-refractivity contribution in [1.29, 1.82) is 0 Å². The highest BCUT2D eigenvalue weighted by atomic mass is 32.2. The molecule has 0 spiro atoms. The van der Waals surface area contributed by atoms with Gasteiger partial charge in [-0.2, -0.15) is 0 Å². The fourth-order valence-electron chi connectivity index (χ4n) is 3.38. The molecule has 0 aliphatic rings. The lowest BCUT2D eigenvalue weighted by Crippen LogP contribution is -1.90. The third-order valence-electron chi connectivity index (χ3n) is 4.67. The Labute approximate surface area is 169 Å². The first kappa shape index (κ1) is 16.3. The molecule has 0 aliphatic carbocycles. The SMILES string of the molecule is c1coc(-c2nc3ccccn3c2Sc2c(-c3ccco3)nc3ccccn23)c1. The highest BCUT2D eigenvalue weighted by Crippen LogP contribution is 2.41. The fourth-order valence-corrected chi connectivity index (χ4v) is 4.56. The molecule has 0 bridgehead atoms. The van der Waals surface area contributed by atoms with Crippen LogP contribution in [-0.4, -0.2) is 18.8 Å². The van der Waals surface area contributed by atoms with E-state index in [1.165, 1.54) is 0 Å². The number of nitrogens with zero attached hydrogens (tertiary/aromatic N) is 4. The molecule has 0 saturated carbocycles. The van der Waals surface area contributed by atoms with Gasteiger partial charge in [0.25, 0.3) is 0 Å². The van der Waals surface area contributed by atoms with Crippen LogP contribution in [0.25, 0.3) is 34.2 Å². The van der Waals surface area contributed by atoms with Crippen molar-refractivity contribution in [2.24, 2.45) is 0 Å². The zero-order valence-corrected chi connectivity index (χ0v) is 15.9. The van der Waals surface area contributed by atoms with Gasteiger partial charge in [0.15, 0.2) is 11.5 Å². The molecule has 6 heterocycles. The number of hydrogen-bond acceptors (Lipinski definition) is 5. The van der Waals surface area contributed by atoms with E-state index in [-0.39, 0.29) is 0 Å². The second-order valence-corrected chi connectivity index (χ2v) is 7.42. The Balaban J connectivity index is 1.61. The van der Waals surface area contributed by atoms with Crippen LogP contribution in [0.15, 0.2) is 104 Å². The third kappa shape index (κ3) is 2.59. The maximum atomic E-state index is 5.67. The van der Waals surface area contributed by atoms with Crippen LogP contribution in [0.1, 0.15) is 0 Å². The Morgan fingerprint density at radius 3 is 1.59 bits per heavy atom. The molecule has 0 fully saturated rings. The van der Waals surface area contributed by atoms with Crippen molar-refractivity contribution in [3.05, 3.63) is 85.6 Å². The average Bonchev–Trinajstić information content (AvgIpc) is 3.55. The van der Waals surface area contributed by atoms with E-state index >= 15 is 0 Å². The third-order valence-corrected chi connectivity index (χ3v) is 5.84. The quantitative estimate of drug-likeness (QED) is 0.384. The molecule has 6 aromatic heterocycles. The molecular weight excluding hydrogens is 384 g/mol. The molecule has 0 atom stereocenters. The Morgan fingerprint density at radius 2 is 1.14 bits per heavy atom. The maximum Gasteiger partial charge on any atom is 0.155 e. The molecule has 6 nitrogen and oxygen atoms in total. The van der Waals surface area contributed by atoms with Gasteiger partial charge in [-0.25, -0.2) is 9.97 Å². The molecule has 0 amide bonds. The Morgan fingerprint density at radius 1 is 0.621 bits per heavy atom. The van der Waals surface area contributed by atoms with E-state index in [2.05, 4.69) is 8.80 Å². The van der Waals surface area contributed by atoms with Crippen molar-refractivity contribution in [3.63, 3.8) is 0 Å². The number of hydrogen-bond donors (Lipinski definition) is 0. The maximum absolute atomic E-state index is 5.67. The fraction of sp³-hybridized carbons (Fsp3) is 0. The van der Waals surface area contributed by atoms with Crippen molar-refractivity contribution in [2.45, 2.75) is 10.1 Å². The minimum atomic E-state index is 0.726. The summed E-state index contributed by atoms with van der Waals surface area (Å²) in [5, 5.41) is 1.91. The molecule has 0 radical (unpaired) electrons. The van der Waals surface area contributed by atoms with Crippen molar-refractivity contribution in [1.82, 2.24) is 18.8 Å². The van der Waals surface area contributed by atoms with Crippen LogP contribution >= 0.6 is 11.8 Å². The highest BCUT2D eigenvalue weighted by molar-refractivity contribution is 7.99. The molecular formula is C22H14N4O2S. The topological polar surface area (TPSA) is 60.9 Å². The first-order chi connectivity index (χ1) is 14.4. The standard InChI is InChI=1S/C22H14N4O2S/c1-3-11-25-17(9-1)23-19(15-7-5-13-27-15)21(25)29-22-20(16-8-6-14-28-16)24-18-10-2-4-12-26(18)22/h1-14H. The molecule has 7 heteroatoms. The van der Waals surface area contributed by atoms with Crippen LogP contribution in [0.3, 0.4) is 0 Å². The summed E-state index contributed by atoms with van der Waals surface area (Å²) in [5.74, 6) is 1.45. The first-order valence-electron chi connectivity index (χ1n) is 9.08. The molecule has 6 rings (SSSR count).